The molecule has 1 heterocycles. The summed E-state index contributed by atoms with van der Waals surface area (Å²) in [7, 11) is -1.66. The number of aryl methyl sites for hydroxylation is 1. The van der Waals surface area contributed by atoms with Gasteiger partial charge in [0, 0.05) is 5.56 Å². The Morgan fingerprint density at radius 2 is 1.43 bits per heavy atom. The van der Waals surface area contributed by atoms with Gasteiger partial charge in [0.05, 0.1) is 21.1 Å². The molecule has 3 aromatic carbocycles. The number of benzene rings is 3. The fraction of sp³-hybridized carbons (Fsp3) is 0.419. The van der Waals surface area contributed by atoms with Crippen LogP contribution in [0.15, 0.2) is 54.6 Å². The Morgan fingerprint density at radius 3 is 1.98 bits per heavy atom. The normalized spacial score (nSPS) is 19.6. The molecule has 9 heteroatoms. The first kappa shape index (κ1) is 30.2. The van der Waals surface area contributed by atoms with Crippen LogP contribution in [0.5, 0.6) is 5.75 Å². The summed E-state index contributed by atoms with van der Waals surface area (Å²) in [4.78, 5) is 0. The summed E-state index contributed by atoms with van der Waals surface area (Å²) in [6, 6.07) is 18.6. The van der Waals surface area contributed by atoms with Crippen molar-refractivity contribution in [1.29, 1.82) is 0 Å². The molecule has 0 bridgehead atoms. The summed E-state index contributed by atoms with van der Waals surface area (Å²) in [6.07, 6.45) is -3.17. The summed E-state index contributed by atoms with van der Waals surface area (Å²) in [5.41, 5.74) is 0.597. The summed E-state index contributed by atoms with van der Waals surface area (Å²) >= 11 is 0. The zero-order valence-corrected chi connectivity index (χ0v) is 23.4. The average molecular weight is 583 g/mol. The van der Waals surface area contributed by atoms with E-state index in [9.17, 15) is 22.0 Å². The van der Waals surface area contributed by atoms with Crippen molar-refractivity contribution in [1.82, 2.24) is 0 Å². The molecule has 0 atom stereocenters. The molecule has 4 rings (SSSR count). The third-order valence-electron chi connectivity index (χ3n) is 8.05. The first-order valence-corrected chi connectivity index (χ1v) is 16.3. The van der Waals surface area contributed by atoms with Crippen LogP contribution in [0.3, 0.4) is 0 Å². The van der Waals surface area contributed by atoms with E-state index in [-0.39, 0.29) is 29.9 Å². The second-order valence-corrected chi connectivity index (χ2v) is 15.4. The van der Waals surface area contributed by atoms with Crippen molar-refractivity contribution in [2.75, 3.05) is 6.61 Å². The minimum Gasteiger partial charge on any atom is -0.487 e. The first-order valence-electron chi connectivity index (χ1n) is 13.7. The van der Waals surface area contributed by atoms with Crippen LogP contribution in [0, 0.1) is 23.3 Å². The van der Waals surface area contributed by atoms with Crippen molar-refractivity contribution < 1.29 is 35.5 Å². The Kier molecular flexibility index (Phi) is 9.64. The van der Waals surface area contributed by atoms with Gasteiger partial charge in [-0.15, -0.1) is 0 Å². The zero-order valence-electron chi connectivity index (χ0n) is 22.4. The van der Waals surface area contributed by atoms with Crippen LogP contribution in [0.25, 0.3) is 0 Å². The fourth-order valence-electron chi connectivity index (χ4n) is 5.99. The van der Waals surface area contributed by atoms with Crippen molar-refractivity contribution in [3.63, 3.8) is 0 Å². The number of hydrogen-bond donors (Lipinski definition) is 0. The summed E-state index contributed by atoms with van der Waals surface area (Å²) in [5, 5.41) is 1.46. The molecular weight excluding hydrogens is 549 g/mol. The van der Waals surface area contributed by atoms with Gasteiger partial charge in [-0.2, -0.15) is 13.2 Å². The van der Waals surface area contributed by atoms with Crippen molar-refractivity contribution in [3.05, 3.63) is 94.6 Å². The highest BCUT2D eigenvalue weighted by Gasteiger charge is 2.38. The lowest BCUT2D eigenvalue weighted by molar-refractivity contribution is -0.139. The highest BCUT2D eigenvalue weighted by Crippen LogP contribution is 2.41. The van der Waals surface area contributed by atoms with Crippen LogP contribution < -0.4 is 9.92 Å². The summed E-state index contributed by atoms with van der Waals surface area (Å²) in [5.74, 6) is -4.52. The lowest BCUT2D eigenvalue weighted by Gasteiger charge is -2.39. The van der Waals surface area contributed by atoms with Gasteiger partial charge in [-0.25, -0.2) is 17.6 Å². The highest BCUT2D eigenvalue weighted by atomic mass is 28.3. The summed E-state index contributed by atoms with van der Waals surface area (Å²) < 4.78 is 100. The molecule has 0 aliphatic carbocycles. The zero-order chi connectivity index (χ0) is 28.9. The van der Waals surface area contributed by atoms with Crippen LogP contribution in [0.4, 0.5) is 30.7 Å². The average Bonchev–Trinajstić information content (AvgIpc) is 2.90. The molecule has 0 saturated carbocycles. The number of ether oxygens (including phenoxy) is 1. The highest BCUT2D eigenvalue weighted by molar-refractivity contribution is 6.92. The van der Waals surface area contributed by atoms with Gasteiger partial charge < -0.3 is 4.74 Å². The van der Waals surface area contributed by atoms with Crippen molar-refractivity contribution in [2.45, 2.75) is 75.7 Å². The van der Waals surface area contributed by atoms with E-state index in [0.717, 1.165) is 43.5 Å². The fourth-order valence-corrected chi connectivity index (χ4v) is 11.3. The second kappa shape index (κ2) is 12.8. The van der Waals surface area contributed by atoms with E-state index < -0.39 is 56.3 Å². The minimum atomic E-state index is -4.52. The monoisotopic (exact) mass is 582 g/mol. The lowest BCUT2D eigenvalue weighted by Crippen LogP contribution is -2.49. The Bertz CT molecular complexity index is 1240. The third kappa shape index (κ3) is 7.27. The van der Waals surface area contributed by atoms with E-state index >= 15 is 8.78 Å². The molecule has 0 spiro atoms. The maximum absolute atomic E-state index is 15.1. The van der Waals surface area contributed by atoms with E-state index in [1.54, 1.807) is 0 Å². The van der Waals surface area contributed by atoms with E-state index in [1.807, 2.05) is 6.07 Å². The van der Waals surface area contributed by atoms with Crippen molar-refractivity contribution in [2.24, 2.45) is 0 Å². The molecule has 1 aliphatic rings. The van der Waals surface area contributed by atoms with Gasteiger partial charge in [0.2, 0.25) is 0 Å². The lowest BCUT2D eigenvalue weighted by atomic mass is 9.91. The SMILES string of the molecule is CCC[Si]1(c2ccccc2)CCC(c2cc(F)c(CCc3cc(F)c(OCCC(F)(F)F)c(F)c3)c(F)c2)CC1. The van der Waals surface area contributed by atoms with E-state index in [4.69, 9.17) is 0 Å². The Hall–Kier alpha value is -2.81. The molecule has 0 aromatic heterocycles. The topological polar surface area (TPSA) is 9.23 Å². The number of alkyl halides is 3. The Morgan fingerprint density at radius 1 is 0.825 bits per heavy atom. The maximum atomic E-state index is 15.1. The Balaban J connectivity index is 1.41. The molecule has 0 amide bonds. The van der Waals surface area contributed by atoms with Crippen molar-refractivity contribution in [3.8, 4) is 5.75 Å². The molecule has 3 aromatic rings. The number of rotatable bonds is 10. The number of halogens is 7. The molecular formula is C31H33F7OSi. The molecule has 0 unspecified atom stereocenters. The second-order valence-electron chi connectivity index (χ2n) is 10.7. The predicted molar refractivity (Wildman–Crippen MR) is 145 cm³/mol. The molecule has 40 heavy (non-hydrogen) atoms. The third-order valence-corrected chi connectivity index (χ3v) is 13.6. The van der Waals surface area contributed by atoms with Crippen LogP contribution >= 0.6 is 0 Å². The minimum absolute atomic E-state index is 0.0600. The standard InChI is InChI=1S/C31H33F7OSi/c1-2-14-40(24-6-4-3-5-7-24)15-10-22(11-16-40)23-19-26(32)25(27(33)20-23)9-8-21-17-28(34)30(29(35)18-21)39-13-12-31(36,37)38/h3-7,17-20,22H,2,8-16H2,1H3. The van der Waals surface area contributed by atoms with Crippen LogP contribution in [0.1, 0.15) is 55.2 Å². The molecule has 0 radical (unpaired) electrons. The van der Waals surface area contributed by atoms with Gasteiger partial charge in [0.25, 0.3) is 0 Å². The van der Waals surface area contributed by atoms with Gasteiger partial charge in [0.15, 0.2) is 17.4 Å². The molecule has 216 valence electrons. The molecule has 1 aliphatic heterocycles. The quantitative estimate of drug-likeness (QED) is 0.171. The van der Waals surface area contributed by atoms with Crippen molar-refractivity contribution >= 4 is 13.3 Å². The van der Waals surface area contributed by atoms with E-state index in [1.165, 1.54) is 23.4 Å². The van der Waals surface area contributed by atoms with Gasteiger partial charge in [-0.3, -0.25) is 0 Å². The van der Waals surface area contributed by atoms with Gasteiger partial charge in [0.1, 0.15) is 11.6 Å². The Labute approximate surface area is 231 Å². The first-order chi connectivity index (χ1) is 19.0. The smallest absolute Gasteiger partial charge is 0.392 e. The van der Waals surface area contributed by atoms with Gasteiger partial charge >= 0.3 is 6.18 Å². The van der Waals surface area contributed by atoms with Crippen LogP contribution in [-0.2, 0) is 12.8 Å². The maximum Gasteiger partial charge on any atom is 0.392 e. The molecule has 1 fully saturated rings. The van der Waals surface area contributed by atoms with Crippen LogP contribution in [-0.4, -0.2) is 20.9 Å². The number of hydrogen-bond acceptors (Lipinski definition) is 1. The van der Waals surface area contributed by atoms with Crippen LogP contribution in [0.2, 0.25) is 18.1 Å². The molecule has 1 nitrogen and oxygen atoms in total. The largest absolute Gasteiger partial charge is 0.487 e. The molecule has 0 N–H and O–H groups in total. The van der Waals surface area contributed by atoms with Gasteiger partial charge in [-0.1, -0.05) is 67.0 Å². The summed E-state index contributed by atoms with van der Waals surface area (Å²) in [6.45, 7) is 1.28. The molecule has 1 saturated heterocycles. The van der Waals surface area contributed by atoms with Gasteiger partial charge in [-0.05, 0) is 67.0 Å². The van der Waals surface area contributed by atoms with E-state index in [2.05, 4.69) is 35.9 Å². The van der Waals surface area contributed by atoms with E-state index in [0.29, 0.717) is 5.56 Å². The predicted octanol–water partition coefficient (Wildman–Crippen LogP) is 9.00.